The molecule has 12 rings (SSSR count). The number of nitrogens with zero attached hydrogens (tertiary/aromatic N) is 2. The minimum atomic E-state index is 0.927. The zero-order valence-corrected chi connectivity index (χ0v) is 31.7. The van der Waals surface area contributed by atoms with E-state index in [0.717, 1.165) is 21.8 Å². The van der Waals surface area contributed by atoms with E-state index in [1.54, 1.807) is 0 Å². The van der Waals surface area contributed by atoms with Gasteiger partial charge in [0.25, 0.3) is 0 Å². The molecule has 56 heavy (non-hydrogen) atoms. The van der Waals surface area contributed by atoms with Gasteiger partial charge in [-0.15, -0.1) is 22.7 Å². The van der Waals surface area contributed by atoms with E-state index >= 15 is 0 Å². The standard InChI is InChI=1S/C52H30N2S2/c1-3-11-31(12-4-1)35-15-7-19-41-43-21-9-17-37(51(43)55-49(35)41)33-23-25-39-40-26-24-34(30-46(40)48-47(45(39)29-33)53-27-28-54-48)38-18-10-22-44-42-20-8-16-36(50(42)56-52(38)44)32-13-5-2-6-14-32/h1-30H. The molecule has 3 heterocycles. The molecule has 0 radical (unpaired) electrons. The van der Waals surface area contributed by atoms with Crippen LogP contribution in [0.25, 0.3) is 117 Å². The summed E-state index contributed by atoms with van der Waals surface area (Å²) in [6.07, 6.45) is 3.65. The third-order valence-corrected chi connectivity index (χ3v) is 14.0. The molecule has 0 aliphatic heterocycles. The van der Waals surface area contributed by atoms with Crippen LogP contribution in [0.3, 0.4) is 0 Å². The largest absolute Gasteiger partial charge is 0.252 e. The van der Waals surface area contributed by atoms with E-state index < -0.39 is 0 Å². The number of thiophene rings is 2. The number of hydrogen-bond acceptors (Lipinski definition) is 4. The van der Waals surface area contributed by atoms with Crippen LogP contribution in [0.5, 0.6) is 0 Å². The van der Waals surface area contributed by atoms with Gasteiger partial charge in [-0.1, -0.05) is 158 Å². The molecule has 4 heteroatoms. The molecule has 2 nitrogen and oxygen atoms in total. The molecule has 260 valence electrons. The lowest BCUT2D eigenvalue weighted by atomic mass is 9.93. The Hall–Kier alpha value is -6.72. The topological polar surface area (TPSA) is 25.8 Å². The molecule has 0 spiro atoms. The Morgan fingerprint density at radius 1 is 0.268 bits per heavy atom. The number of hydrogen-bond donors (Lipinski definition) is 0. The van der Waals surface area contributed by atoms with E-state index in [-0.39, 0.29) is 0 Å². The third kappa shape index (κ3) is 4.73. The molecule has 0 saturated heterocycles. The maximum Gasteiger partial charge on any atom is 0.0971 e. The van der Waals surface area contributed by atoms with Crippen LogP contribution in [0.2, 0.25) is 0 Å². The van der Waals surface area contributed by atoms with E-state index in [1.165, 1.54) is 95.6 Å². The Morgan fingerprint density at radius 3 is 1.00 bits per heavy atom. The van der Waals surface area contributed by atoms with Crippen molar-refractivity contribution < 1.29 is 0 Å². The van der Waals surface area contributed by atoms with Gasteiger partial charge in [0.2, 0.25) is 0 Å². The number of fused-ring (bicyclic) bond motifs is 12. The first-order valence-electron chi connectivity index (χ1n) is 18.9. The van der Waals surface area contributed by atoms with Gasteiger partial charge in [0.05, 0.1) is 11.0 Å². The van der Waals surface area contributed by atoms with E-state index in [2.05, 4.69) is 170 Å². The quantitative estimate of drug-likeness (QED) is 0.168. The molecule has 9 aromatic carbocycles. The normalized spacial score (nSPS) is 11.9. The van der Waals surface area contributed by atoms with Crippen LogP contribution in [0.15, 0.2) is 182 Å². The van der Waals surface area contributed by atoms with Crippen LogP contribution < -0.4 is 0 Å². The third-order valence-electron chi connectivity index (χ3n) is 11.4. The lowest BCUT2D eigenvalue weighted by Gasteiger charge is -2.13. The summed E-state index contributed by atoms with van der Waals surface area (Å²) >= 11 is 3.78. The molecule has 3 aromatic heterocycles. The smallest absolute Gasteiger partial charge is 0.0971 e. The summed E-state index contributed by atoms with van der Waals surface area (Å²) in [5, 5.41) is 9.80. The second-order valence-corrected chi connectivity index (χ2v) is 16.5. The minimum absolute atomic E-state index is 0.927. The average Bonchev–Trinajstić information content (AvgIpc) is 3.86. The predicted molar refractivity (Wildman–Crippen MR) is 242 cm³/mol. The van der Waals surface area contributed by atoms with Crippen molar-refractivity contribution >= 4 is 95.6 Å². The van der Waals surface area contributed by atoms with Gasteiger partial charge in [-0.05, 0) is 67.4 Å². The van der Waals surface area contributed by atoms with Crippen molar-refractivity contribution in [1.29, 1.82) is 0 Å². The molecule has 0 N–H and O–H groups in total. The Morgan fingerprint density at radius 2 is 0.625 bits per heavy atom. The van der Waals surface area contributed by atoms with E-state index in [4.69, 9.17) is 9.97 Å². The summed E-state index contributed by atoms with van der Waals surface area (Å²) in [6, 6.07) is 62.1. The van der Waals surface area contributed by atoms with Gasteiger partial charge in [0.15, 0.2) is 0 Å². The number of aromatic nitrogens is 2. The molecule has 0 saturated carbocycles. The molecule has 12 aromatic rings. The molecule has 0 fully saturated rings. The maximum absolute atomic E-state index is 5.00. The number of benzene rings is 9. The number of rotatable bonds is 4. The van der Waals surface area contributed by atoms with Gasteiger partial charge < -0.3 is 0 Å². The Labute approximate surface area is 330 Å². The minimum Gasteiger partial charge on any atom is -0.252 e. The molecule has 0 atom stereocenters. The van der Waals surface area contributed by atoms with Crippen molar-refractivity contribution in [3.8, 4) is 44.5 Å². The Balaban J connectivity index is 1.04. The van der Waals surface area contributed by atoms with Crippen molar-refractivity contribution in [3.63, 3.8) is 0 Å². The maximum atomic E-state index is 5.00. The fourth-order valence-corrected chi connectivity index (χ4v) is 11.5. The predicted octanol–water partition coefficient (Wildman–Crippen LogP) is 15.3. The highest BCUT2D eigenvalue weighted by Gasteiger charge is 2.18. The molecular weight excluding hydrogens is 717 g/mol. The van der Waals surface area contributed by atoms with Gasteiger partial charge in [0, 0.05) is 63.5 Å². The van der Waals surface area contributed by atoms with Crippen molar-refractivity contribution in [3.05, 3.63) is 182 Å². The van der Waals surface area contributed by atoms with Crippen LogP contribution in [-0.4, -0.2) is 9.97 Å². The lowest BCUT2D eigenvalue weighted by molar-refractivity contribution is 1.31. The highest BCUT2D eigenvalue weighted by atomic mass is 32.1. The van der Waals surface area contributed by atoms with E-state index in [9.17, 15) is 0 Å². The van der Waals surface area contributed by atoms with Crippen molar-refractivity contribution in [2.45, 2.75) is 0 Å². The molecule has 0 aliphatic rings. The SMILES string of the molecule is c1ccc(-c2cccc3c2sc2c(-c4ccc5c6ccc(-c7cccc8c7sc7c(-c9ccccc9)cccc78)cc6c6nccnc6c5c4)cccc23)cc1. The first-order chi connectivity index (χ1) is 27.8. The summed E-state index contributed by atoms with van der Waals surface area (Å²) in [7, 11) is 0. The zero-order chi connectivity index (χ0) is 36.7. The fraction of sp³-hybridized carbons (Fsp3) is 0. The van der Waals surface area contributed by atoms with E-state index in [0.29, 0.717) is 0 Å². The van der Waals surface area contributed by atoms with Crippen molar-refractivity contribution in [1.82, 2.24) is 9.97 Å². The lowest BCUT2D eigenvalue weighted by Crippen LogP contribution is -1.90. The summed E-state index contributed by atoms with van der Waals surface area (Å²) in [6.45, 7) is 0. The first-order valence-corrected chi connectivity index (χ1v) is 20.5. The monoisotopic (exact) mass is 746 g/mol. The average molecular weight is 747 g/mol. The summed E-state index contributed by atoms with van der Waals surface area (Å²) in [5.41, 5.74) is 11.8. The summed E-state index contributed by atoms with van der Waals surface area (Å²) < 4.78 is 5.25. The summed E-state index contributed by atoms with van der Waals surface area (Å²) in [4.78, 5) is 10.00. The van der Waals surface area contributed by atoms with Crippen LogP contribution >= 0.6 is 22.7 Å². The zero-order valence-electron chi connectivity index (χ0n) is 30.0. The molecular formula is C52H30N2S2. The molecule has 0 bridgehead atoms. The Bertz CT molecular complexity index is 3270. The van der Waals surface area contributed by atoms with Crippen LogP contribution in [0.4, 0.5) is 0 Å². The van der Waals surface area contributed by atoms with Crippen LogP contribution in [0.1, 0.15) is 0 Å². The second kappa shape index (κ2) is 12.4. The van der Waals surface area contributed by atoms with Gasteiger partial charge >= 0.3 is 0 Å². The van der Waals surface area contributed by atoms with Gasteiger partial charge in [0.1, 0.15) is 0 Å². The van der Waals surface area contributed by atoms with Gasteiger partial charge in [-0.3, -0.25) is 9.97 Å². The van der Waals surface area contributed by atoms with Crippen LogP contribution in [0, 0.1) is 0 Å². The molecule has 0 amide bonds. The molecule has 0 aliphatic carbocycles. The van der Waals surface area contributed by atoms with Gasteiger partial charge in [-0.2, -0.15) is 0 Å². The van der Waals surface area contributed by atoms with Crippen molar-refractivity contribution in [2.24, 2.45) is 0 Å². The first kappa shape index (κ1) is 31.6. The fourth-order valence-electron chi connectivity index (χ4n) is 8.80. The second-order valence-electron chi connectivity index (χ2n) is 14.4. The highest BCUT2D eigenvalue weighted by Crippen LogP contribution is 2.47. The van der Waals surface area contributed by atoms with Crippen molar-refractivity contribution in [2.75, 3.05) is 0 Å². The van der Waals surface area contributed by atoms with Crippen LogP contribution in [-0.2, 0) is 0 Å². The summed E-state index contributed by atoms with van der Waals surface area (Å²) in [5.74, 6) is 0. The Kier molecular flexibility index (Phi) is 7.00. The van der Waals surface area contributed by atoms with E-state index in [1.807, 2.05) is 35.1 Å². The molecule has 0 unspecified atom stereocenters. The van der Waals surface area contributed by atoms with Gasteiger partial charge in [-0.25, -0.2) is 0 Å². The highest BCUT2D eigenvalue weighted by molar-refractivity contribution is 7.27.